The number of benzene rings is 1. The summed E-state index contributed by atoms with van der Waals surface area (Å²) in [4.78, 5) is 2.22. The van der Waals surface area contributed by atoms with Gasteiger partial charge in [-0.3, -0.25) is 0 Å². The van der Waals surface area contributed by atoms with Crippen LogP contribution in [0.4, 0.5) is 5.69 Å². The lowest BCUT2D eigenvalue weighted by Crippen LogP contribution is -2.21. The Hall–Kier alpha value is -1.18. The van der Waals surface area contributed by atoms with E-state index in [4.69, 9.17) is 0 Å². The summed E-state index contributed by atoms with van der Waals surface area (Å²) < 4.78 is 0. The molecular weight excluding hydrogens is 181 g/mol. The Kier molecular flexibility index (Phi) is 2.18. The fourth-order valence-electron chi connectivity index (χ4n) is 2.32. The largest absolute Gasteiger partial charge is 0.348 e. The van der Waals surface area contributed by atoms with E-state index >= 15 is 0 Å². The Labute approximate surface area is 93.0 Å². The maximum Gasteiger partial charge on any atom is 0.154 e. The number of likely N-dealkylation sites (N-methyl/N-ethyl adjacent to an activating group) is 1. The Balaban J connectivity index is 2.61. The quantitative estimate of drug-likeness (QED) is 0.625. The van der Waals surface area contributed by atoms with Crippen LogP contribution >= 0.6 is 0 Å². The van der Waals surface area contributed by atoms with Crippen molar-refractivity contribution in [1.29, 1.82) is 0 Å². The predicted octanol–water partition coefficient (Wildman–Crippen LogP) is 2.04. The maximum atomic E-state index is 4.18. The molecule has 0 atom stereocenters. The van der Waals surface area contributed by atoms with Gasteiger partial charge in [-0.05, 0) is 11.6 Å². The molecule has 1 aliphatic rings. The maximum absolute atomic E-state index is 4.18. The van der Waals surface area contributed by atoms with Crippen molar-refractivity contribution in [2.24, 2.45) is 0 Å². The number of hydrogen-bond donors (Lipinski definition) is 0. The standard InChI is InChI=1S/C13H18BN/c1-9-13(2,3)11-7-6-10(14-4)8-12(11)15(9)5/h6-8,14H,1H2,2-5H3. The Morgan fingerprint density at radius 1 is 1.33 bits per heavy atom. The van der Waals surface area contributed by atoms with Gasteiger partial charge < -0.3 is 4.90 Å². The number of fused-ring (bicyclic) bond motifs is 1. The molecule has 2 heteroatoms. The monoisotopic (exact) mass is 199 g/mol. The summed E-state index contributed by atoms with van der Waals surface area (Å²) in [5.41, 5.74) is 5.38. The van der Waals surface area contributed by atoms with Crippen molar-refractivity contribution in [3.63, 3.8) is 0 Å². The zero-order chi connectivity index (χ0) is 11.2. The summed E-state index contributed by atoms with van der Waals surface area (Å²) in [6, 6.07) is 6.77. The van der Waals surface area contributed by atoms with Crippen LogP contribution in [-0.4, -0.2) is 14.3 Å². The molecule has 0 amide bonds. The van der Waals surface area contributed by atoms with Gasteiger partial charge in [0, 0.05) is 23.8 Å². The molecule has 2 rings (SSSR count). The molecule has 0 saturated heterocycles. The second-order valence-electron chi connectivity index (χ2n) is 4.84. The molecular formula is C13H18BN. The minimum Gasteiger partial charge on any atom is -0.348 e. The van der Waals surface area contributed by atoms with Gasteiger partial charge in [-0.25, -0.2) is 0 Å². The van der Waals surface area contributed by atoms with E-state index in [-0.39, 0.29) is 5.41 Å². The molecule has 1 heterocycles. The van der Waals surface area contributed by atoms with E-state index in [1.807, 2.05) is 0 Å². The van der Waals surface area contributed by atoms with Crippen molar-refractivity contribution in [3.05, 3.63) is 36.0 Å². The zero-order valence-corrected chi connectivity index (χ0v) is 10.1. The molecule has 15 heavy (non-hydrogen) atoms. The van der Waals surface area contributed by atoms with Gasteiger partial charge in [0.25, 0.3) is 0 Å². The van der Waals surface area contributed by atoms with Crippen LogP contribution in [0.5, 0.6) is 0 Å². The lowest BCUT2D eigenvalue weighted by atomic mass is 9.72. The zero-order valence-electron chi connectivity index (χ0n) is 10.1. The van der Waals surface area contributed by atoms with Crippen LogP contribution in [0.15, 0.2) is 30.5 Å². The SMILES string of the molecule is C=C1N(C)c2cc(BC)ccc2C1(C)C. The van der Waals surface area contributed by atoms with Gasteiger partial charge in [-0.2, -0.15) is 0 Å². The Bertz CT molecular complexity index is 421. The molecule has 0 radical (unpaired) electrons. The fourth-order valence-corrected chi connectivity index (χ4v) is 2.32. The molecule has 1 aliphatic heterocycles. The van der Waals surface area contributed by atoms with E-state index in [9.17, 15) is 0 Å². The minimum absolute atomic E-state index is 0.0797. The summed E-state index contributed by atoms with van der Waals surface area (Å²) >= 11 is 0. The van der Waals surface area contributed by atoms with Gasteiger partial charge in [0.05, 0.1) is 0 Å². The number of hydrogen-bond acceptors (Lipinski definition) is 1. The molecule has 1 nitrogen and oxygen atoms in total. The van der Waals surface area contributed by atoms with Crippen LogP contribution in [0.2, 0.25) is 6.82 Å². The number of rotatable bonds is 1. The van der Waals surface area contributed by atoms with E-state index in [2.05, 4.69) is 57.4 Å². The molecule has 78 valence electrons. The normalized spacial score (nSPS) is 17.9. The summed E-state index contributed by atoms with van der Waals surface area (Å²) in [5.74, 6) is 0. The number of nitrogens with zero attached hydrogens (tertiary/aromatic N) is 1. The summed E-state index contributed by atoms with van der Waals surface area (Å²) in [6.45, 7) is 10.9. The van der Waals surface area contributed by atoms with Crippen molar-refractivity contribution in [2.75, 3.05) is 11.9 Å². The van der Waals surface area contributed by atoms with E-state index in [0.29, 0.717) is 0 Å². The van der Waals surface area contributed by atoms with E-state index in [1.54, 1.807) is 0 Å². The average molecular weight is 199 g/mol. The van der Waals surface area contributed by atoms with Gasteiger partial charge in [-0.1, -0.05) is 44.8 Å². The van der Waals surface area contributed by atoms with Crippen molar-refractivity contribution in [3.8, 4) is 0 Å². The second kappa shape index (κ2) is 3.16. The molecule has 0 bridgehead atoms. The van der Waals surface area contributed by atoms with Crippen LogP contribution < -0.4 is 10.4 Å². The van der Waals surface area contributed by atoms with Gasteiger partial charge in [0.15, 0.2) is 7.28 Å². The molecule has 0 aliphatic carbocycles. The van der Waals surface area contributed by atoms with Crippen molar-refractivity contribution in [1.82, 2.24) is 0 Å². The van der Waals surface area contributed by atoms with Crippen LogP contribution in [0, 0.1) is 0 Å². The van der Waals surface area contributed by atoms with Gasteiger partial charge in [-0.15, -0.1) is 0 Å². The topological polar surface area (TPSA) is 3.24 Å². The highest BCUT2D eigenvalue weighted by Gasteiger charge is 2.36. The van der Waals surface area contributed by atoms with Gasteiger partial charge >= 0.3 is 0 Å². The highest BCUT2D eigenvalue weighted by molar-refractivity contribution is 6.52. The fraction of sp³-hybridized carbons (Fsp3) is 0.385. The first-order valence-electron chi connectivity index (χ1n) is 5.55. The van der Waals surface area contributed by atoms with E-state index < -0.39 is 0 Å². The van der Waals surface area contributed by atoms with Crippen LogP contribution in [0.25, 0.3) is 0 Å². The van der Waals surface area contributed by atoms with Crippen LogP contribution in [0.1, 0.15) is 19.4 Å². The third kappa shape index (κ3) is 1.31. The summed E-state index contributed by atoms with van der Waals surface area (Å²) in [6.07, 6.45) is 0. The summed E-state index contributed by atoms with van der Waals surface area (Å²) in [5, 5.41) is 0. The Morgan fingerprint density at radius 3 is 2.60 bits per heavy atom. The third-order valence-electron chi connectivity index (χ3n) is 3.63. The first kappa shape index (κ1) is 10.3. The van der Waals surface area contributed by atoms with Crippen LogP contribution in [0.3, 0.4) is 0 Å². The van der Waals surface area contributed by atoms with E-state index in [0.717, 1.165) is 7.28 Å². The predicted molar refractivity (Wildman–Crippen MR) is 69.7 cm³/mol. The smallest absolute Gasteiger partial charge is 0.154 e. The lowest BCUT2D eigenvalue weighted by molar-refractivity contribution is 0.643. The molecule has 0 aromatic heterocycles. The highest BCUT2D eigenvalue weighted by atomic mass is 15.1. The first-order chi connectivity index (χ1) is 6.98. The van der Waals surface area contributed by atoms with Crippen LogP contribution in [-0.2, 0) is 5.41 Å². The minimum atomic E-state index is 0.0797. The van der Waals surface area contributed by atoms with E-state index in [1.165, 1.54) is 22.4 Å². The number of anilines is 1. The molecule has 0 fully saturated rings. The van der Waals surface area contributed by atoms with Gasteiger partial charge in [0.1, 0.15) is 0 Å². The molecule has 0 unspecified atom stereocenters. The highest BCUT2D eigenvalue weighted by Crippen LogP contribution is 2.45. The third-order valence-corrected chi connectivity index (χ3v) is 3.63. The average Bonchev–Trinajstić information content (AvgIpc) is 2.40. The molecule has 0 saturated carbocycles. The molecule has 1 aromatic rings. The van der Waals surface area contributed by atoms with Crippen molar-refractivity contribution in [2.45, 2.75) is 26.1 Å². The van der Waals surface area contributed by atoms with Crippen molar-refractivity contribution < 1.29 is 0 Å². The second-order valence-corrected chi connectivity index (χ2v) is 4.84. The molecule has 1 aromatic carbocycles. The van der Waals surface area contributed by atoms with Crippen molar-refractivity contribution >= 4 is 18.4 Å². The lowest BCUT2D eigenvalue weighted by Gasteiger charge is -2.22. The molecule has 0 spiro atoms. The first-order valence-corrected chi connectivity index (χ1v) is 5.55. The Morgan fingerprint density at radius 2 is 2.00 bits per heavy atom. The summed E-state index contributed by atoms with van der Waals surface area (Å²) in [7, 11) is 3.20. The number of allylic oxidation sites excluding steroid dienone is 1. The molecule has 0 N–H and O–H groups in total. The van der Waals surface area contributed by atoms with Gasteiger partial charge in [0.2, 0.25) is 0 Å².